The Kier molecular flexibility index (Phi) is 8.45. The molecule has 3 heterocycles. The molecule has 3 aliphatic rings. The van der Waals surface area contributed by atoms with Gasteiger partial charge in [-0.1, -0.05) is 103 Å². The molecule has 7 rings (SSSR count). The minimum Gasteiger partial charge on any atom is -0.374 e. The highest BCUT2D eigenvalue weighted by molar-refractivity contribution is 6.10. The molecule has 4 aromatic carbocycles. The predicted octanol–water partition coefficient (Wildman–Crippen LogP) is 5.38. The van der Waals surface area contributed by atoms with Gasteiger partial charge >= 0.3 is 0 Å². The van der Waals surface area contributed by atoms with Crippen LogP contribution in [0.25, 0.3) is 0 Å². The average molecular weight is 605 g/mol. The van der Waals surface area contributed by atoms with E-state index in [1.165, 1.54) is 0 Å². The molecule has 0 radical (unpaired) electrons. The monoisotopic (exact) mass is 604 g/mol. The molecule has 0 bridgehead atoms. The summed E-state index contributed by atoms with van der Waals surface area (Å²) in [5.41, 5.74) is 3.09. The highest BCUT2D eigenvalue weighted by Crippen LogP contribution is 2.46. The van der Waals surface area contributed by atoms with Gasteiger partial charge in [0.2, 0.25) is 5.91 Å². The predicted molar refractivity (Wildman–Crippen MR) is 168 cm³/mol. The number of nitrogens with one attached hydrogen (secondary N) is 1. The van der Waals surface area contributed by atoms with Crippen LogP contribution in [-0.4, -0.2) is 59.8 Å². The summed E-state index contributed by atoms with van der Waals surface area (Å²) in [5, 5.41) is 2.97. The number of fused-ring (bicyclic) bond motifs is 2. The van der Waals surface area contributed by atoms with Gasteiger partial charge in [-0.3, -0.25) is 9.59 Å². The molecule has 2 saturated heterocycles. The van der Waals surface area contributed by atoms with E-state index in [1.54, 1.807) is 23.1 Å². The summed E-state index contributed by atoms with van der Waals surface area (Å²) in [7, 11) is 0. The summed E-state index contributed by atoms with van der Waals surface area (Å²) in [5.74, 6) is -0.442. The standard InChI is InChI=1S/C37H36N2O6/c40-35-31-20-37(25-39(31)36(41)29-18-10-11-19-30(29)38-35)34(44-23-28-16-8-3-9-17-28)33(43-22-27-14-6-2-7-15-27)32(45-37)24-42-21-26-12-4-1-5-13-26/h1-19,31-34H,20-25H2,(H,38,40)/t31-,32-,33-,34+,37+/m1/s1. The summed E-state index contributed by atoms with van der Waals surface area (Å²) >= 11 is 0. The van der Waals surface area contributed by atoms with Crippen LogP contribution < -0.4 is 5.32 Å². The van der Waals surface area contributed by atoms with Gasteiger partial charge in [0.05, 0.1) is 44.2 Å². The second kappa shape index (κ2) is 12.9. The first-order valence-corrected chi connectivity index (χ1v) is 15.4. The van der Waals surface area contributed by atoms with Crippen molar-refractivity contribution in [2.45, 2.75) is 56.2 Å². The lowest BCUT2D eigenvalue weighted by atomic mass is 9.91. The smallest absolute Gasteiger partial charge is 0.256 e. The summed E-state index contributed by atoms with van der Waals surface area (Å²) in [6.45, 7) is 1.55. The fraction of sp³-hybridized carbons (Fsp3) is 0.297. The Bertz CT molecular complexity index is 1620. The van der Waals surface area contributed by atoms with E-state index in [1.807, 2.05) is 97.1 Å². The number of benzene rings is 4. The van der Waals surface area contributed by atoms with Gasteiger partial charge in [0.25, 0.3) is 5.91 Å². The zero-order valence-corrected chi connectivity index (χ0v) is 24.9. The Hall–Kier alpha value is -4.34. The molecule has 45 heavy (non-hydrogen) atoms. The molecule has 8 heteroatoms. The van der Waals surface area contributed by atoms with Gasteiger partial charge in [-0.05, 0) is 28.8 Å². The molecule has 1 spiro atoms. The molecular weight excluding hydrogens is 568 g/mol. The summed E-state index contributed by atoms with van der Waals surface area (Å²) in [6.07, 6.45) is -1.31. The molecule has 0 unspecified atom stereocenters. The normalized spacial score (nSPS) is 25.6. The Morgan fingerprint density at radius 3 is 1.98 bits per heavy atom. The van der Waals surface area contributed by atoms with Crippen LogP contribution in [0.1, 0.15) is 33.5 Å². The fourth-order valence-corrected chi connectivity index (χ4v) is 6.68. The molecule has 4 aromatic rings. The Labute approximate surface area is 262 Å². The zero-order chi connectivity index (χ0) is 30.6. The van der Waals surface area contributed by atoms with E-state index in [0.717, 1.165) is 16.7 Å². The van der Waals surface area contributed by atoms with E-state index in [-0.39, 0.29) is 31.4 Å². The molecule has 8 nitrogen and oxygen atoms in total. The average Bonchev–Trinajstić information content (AvgIpc) is 3.58. The molecule has 3 aliphatic heterocycles. The number of ether oxygens (including phenoxy) is 4. The SMILES string of the molecule is O=C1Nc2ccccc2C(=O)N2C[C@]3(C[C@H]12)O[C@H](COCc1ccccc1)[C@@H](OCc1ccccc1)[C@@H]3OCc1ccccc1. The molecule has 0 aromatic heterocycles. The summed E-state index contributed by atoms with van der Waals surface area (Å²) < 4.78 is 26.5. The topological polar surface area (TPSA) is 86.3 Å². The Morgan fingerprint density at radius 2 is 1.31 bits per heavy atom. The third kappa shape index (κ3) is 6.15. The first-order valence-electron chi connectivity index (χ1n) is 15.4. The van der Waals surface area contributed by atoms with Crippen LogP contribution in [0.2, 0.25) is 0 Å². The van der Waals surface area contributed by atoms with Crippen molar-refractivity contribution in [1.29, 1.82) is 0 Å². The van der Waals surface area contributed by atoms with Crippen molar-refractivity contribution in [2.24, 2.45) is 0 Å². The third-order valence-corrected chi connectivity index (χ3v) is 8.85. The lowest BCUT2D eigenvalue weighted by Crippen LogP contribution is -2.48. The number of hydrogen-bond acceptors (Lipinski definition) is 6. The quantitative estimate of drug-likeness (QED) is 0.262. The van der Waals surface area contributed by atoms with Gasteiger partial charge in [-0.25, -0.2) is 0 Å². The number of nitrogens with zero attached hydrogens (tertiary/aromatic N) is 1. The van der Waals surface area contributed by atoms with Crippen molar-refractivity contribution in [3.8, 4) is 0 Å². The lowest BCUT2D eigenvalue weighted by Gasteiger charge is -2.32. The second-order valence-electron chi connectivity index (χ2n) is 11.9. The Morgan fingerprint density at radius 1 is 0.733 bits per heavy atom. The lowest BCUT2D eigenvalue weighted by molar-refractivity contribution is -0.122. The summed E-state index contributed by atoms with van der Waals surface area (Å²) in [6, 6.07) is 36.3. The van der Waals surface area contributed by atoms with Crippen LogP contribution in [0.4, 0.5) is 5.69 Å². The van der Waals surface area contributed by atoms with Gasteiger partial charge in [-0.2, -0.15) is 0 Å². The summed E-state index contributed by atoms with van der Waals surface area (Å²) in [4.78, 5) is 29.1. The number of para-hydroxylation sites is 1. The minimum absolute atomic E-state index is 0.193. The van der Waals surface area contributed by atoms with E-state index in [2.05, 4.69) is 5.32 Å². The fourth-order valence-electron chi connectivity index (χ4n) is 6.68. The van der Waals surface area contributed by atoms with Crippen LogP contribution in [0.3, 0.4) is 0 Å². The largest absolute Gasteiger partial charge is 0.374 e. The van der Waals surface area contributed by atoms with E-state index in [9.17, 15) is 9.59 Å². The van der Waals surface area contributed by atoms with Gasteiger partial charge in [0.15, 0.2) is 0 Å². The van der Waals surface area contributed by atoms with Crippen LogP contribution in [0.5, 0.6) is 0 Å². The van der Waals surface area contributed by atoms with E-state index in [4.69, 9.17) is 18.9 Å². The number of amides is 2. The van der Waals surface area contributed by atoms with Gasteiger partial charge in [0.1, 0.15) is 30.0 Å². The first-order chi connectivity index (χ1) is 22.1. The number of carbonyl (C=O) groups is 2. The molecule has 1 N–H and O–H groups in total. The molecular formula is C37H36N2O6. The third-order valence-electron chi connectivity index (χ3n) is 8.85. The van der Waals surface area contributed by atoms with Crippen molar-refractivity contribution >= 4 is 17.5 Å². The van der Waals surface area contributed by atoms with Crippen LogP contribution >= 0.6 is 0 Å². The number of hydrogen-bond donors (Lipinski definition) is 1. The van der Waals surface area contributed by atoms with Crippen molar-refractivity contribution in [1.82, 2.24) is 4.90 Å². The van der Waals surface area contributed by atoms with Gasteiger partial charge in [0, 0.05) is 6.42 Å². The Balaban J connectivity index is 1.20. The maximum Gasteiger partial charge on any atom is 0.256 e. The van der Waals surface area contributed by atoms with E-state index in [0.29, 0.717) is 31.1 Å². The van der Waals surface area contributed by atoms with Gasteiger partial charge < -0.3 is 29.2 Å². The molecule has 0 saturated carbocycles. The van der Waals surface area contributed by atoms with E-state index >= 15 is 0 Å². The van der Waals surface area contributed by atoms with Crippen molar-refractivity contribution in [2.75, 3.05) is 18.5 Å². The maximum absolute atomic E-state index is 13.9. The number of anilines is 1. The van der Waals surface area contributed by atoms with Gasteiger partial charge in [-0.15, -0.1) is 0 Å². The highest BCUT2D eigenvalue weighted by Gasteiger charge is 2.63. The van der Waals surface area contributed by atoms with Crippen LogP contribution in [0.15, 0.2) is 115 Å². The molecule has 230 valence electrons. The number of carbonyl (C=O) groups excluding carboxylic acids is 2. The number of rotatable bonds is 10. The van der Waals surface area contributed by atoms with Crippen LogP contribution in [0, 0.1) is 0 Å². The van der Waals surface area contributed by atoms with Crippen LogP contribution in [-0.2, 0) is 43.6 Å². The van der Waals surface area contributed by atoms with Crippen molar-refractivity contribution in [3.63, 3.8) is 0 Å². The molecule has 2 fully saturated rings. The molecule has 5 atom stereocenters. The zero-order valence-electron chi connectivity index (χ0n) is 24.9. The second-order valence-corrected chi connectivity index (χ2v) is 11.9. The highest BCUT2D eigenvalue weighted by atomic mass is 16.6. The van der Waals surface area contributed by atoms with Crippen molar-refractivity contribution in [3.05, 3.63) is 138 Å². The molecule has 2 amide bonds. The first kappa shape index (κ1) is 29.4. The molecule has 0 aliphatic carbocycles. The van der Waals surface area contributed by atoms with Crippen molar-refractivity contribution < 1.29 is 28.5 Å². The minimum atomic E-state index is -0.985. The maximum atomic E-state index is 13.9. The van der Waals surface area contributed by atoms with E-state index < -0.39 is 30.0 Å².